The quantitative estimate of drug-likeness (QED) is 0.0307. The van der Waals surface area contributed by atoms with E-state index in [1.54, 1.807) is 135 Å². The van der Waals surface area contributed by atoms with Crippen molar-refractivity contribution in [3.8, 4) is 17.2 Å². The van der Waals surface area contributed by atoms with Crippen molar-refractivity contribution < 1.29 is 46.7 Å². The summed E-state index contributed by atoms with van der Waals surface area (Å²) in [6.45, 7) is 1.82. The average Bonchev–Trinajstić information content (AvgIpc) is 0.844. The van der Waals surface area contributed by atoms with E-state index >= 15 is 0 Å². The number of amides is 5. The molecule has 0 radical (unpaired) electrons. The SMILES string of the molecule is COc1ccc(C(=O)NC(=S)NC2CCCCC2)cc1.COc1ccc(NC(=S)NC(=O)c2ccc(OC)cc2)cc1.Cc1ccc(S(=O)(=O)NC(=O)NC(N)=S)cc1.O=C(NC(=S)Nc1ccc([N+](=O)[O-])cc1)c1ccccc1.O=c1[nH]c(=S)[nH]c2ccccc12.O=c1[nH]c(=S)[nH]c2ccccc12. The monoisotopic (exact) mass is 1540 g/mol. The third-order valence-electron chi connectivity index (χ3n) is 14.1. The van der Waals surface area contributed by atoms with Crippen LogP contribution in [0.3, 0.4) is 0 Å². The van der Waals surface area contributed by atoms with Crippen molar-refractivity contribution in [1.82, 2.24) is 51.2 Å². The largest absolute Gasteiger partial charge is 0.497 e. The summed E-state index contributed by atoms with van der Waals surface area (Å²) in [4.78, 5) is 90.4. The number of benzene rings is 8. The molecule has 5 amide bonds. The maximum absolute atomic E-state index is 12.0. The number of aromatic nitrogens is 4. The molecule has 540 valence electrons. The number of sulfonamides is 1. The Labute approximate surface area is 627 Å². The van der Waals surface area contributed by atoms with Crippen LogP contribution in [-0.2, 0) is 10.0 Å². The molecule has 0 bridgehead atoms. The second-order valence-corrected chi connectivity index (χ2v) is 25.7. The van der Waals surface area contributed by atoms with Gasteiger partial charge in [-0.1, -0.05) is 79.4 Å². The van der Waals surface area contributed by atoms with Crippen molar-refractivity contribution in [1.29, 1.82) is 0 Å². The summed E-state index contributed by atoms with van der Waals surface area (Å²) in [5.41, 5.74) is 10.1. The number of carbonyl (C=O) groups is 4. The molecule has 1 aliphatic rings. The van der Waals surface area contributed by atoms with Gasteiger partial charge in [0.2, 0.25) is 0 Å². The summed E-state index contributed by atoms with van der Waals surface area (Å²) in [6.07, 6.45) is 6.00. The van der Waals surface area contributed by atoms with Crippen LogP contribution in [0.2, 0.25) is 0 Å². The van der Waals surface area contributed by atoms with Gasteiger partial charge in [-0.2, -0.15) is 0 Å². The fraction of sp³-hybridized carbons (Fsp3) is 0.143. The standard InChI is InChI=1S/C16H16N2O3S.C15H20N2O2S.C14H11N3O3S.C9H11N3O3S2.2C8H6N2OS/c1-20-13-7-3-11(4-8-13)15(19)18-16(22)17-12-5-9-14(21-2)10-6-12;1-19-13-9-7-11(8-10-13)14(18)17-15(20)16-12-5-3-2-4-6-12;18-13(10-4-2-1-3-5-10)16-14(21)15-11-6-8-12(9-7-11)17(19)20;1-6-2-4-7(5-3-6)17(14,15)12-9(13)11-8(10)16;2*11-7-5-3-1-2-4-6(5)9-8(12)10-7/h3-10H,1-2H3,(H2,17,18,19,22);7-10,12H,2-6H2,1H3,(H2,16,17,18,20);1-9H,(H2,15,16,18,21);2-5H,1H3,(H4,10,11,12,13,16);2*1-4H,(H2,9,10,11,12). The number of nitrogens with two attached hydrogens (primary N) is 1. The first-order valence-electron chi connectivity index (χ1n) is 30.9. The van der Waals surface area contributed by atoms with Crippen molar-refractivity contribution in [2.75, 3.05) is 32.0 Å². The Morgan fingerprint density at radius 1 is 0.500 bits per heavy atom. The molecule has 1 fully saturated rings. The molecule has 10 aromatic rings. The maximum Gasteiger partial charge on any atom is 0.334 e. The van der Waals surface area contributed by atoms with Crippen LogP contribution in [0.25, 0.3) is 21.8 Å². The summed E-state index contributed by atoms with van der Waals surface area (Å²) in [6, 6.07) is 55.3. The van der Waals surface area contributed by atoms with Crippen molar-refractivity contribution in [2.24, 2.45) is 5.73 Å². The number of non-ortho nitro benzene ring substituents is 1. The second-order valence-electron chi connectivity index (χ2n) is 21.6. The molecule has 11 rings (SSSR count). The number of nitrogens with zero attached hydrogens (tertiary/aromatic N) is 1. The van der Waals surface area contributed by atoms with Crippen LogP contribution < -0.4 is 73.0 Å². The Morgan fingerprint density at radius 3 is 1.30 bits per heavy atom. The Kier molecular flexibility index (Phi) is 32.4. The number of nitro benzene ring substituents is 1. The lowest BCUT2D eigenvalue weighted by Crippen LogP contribution is -2.44. The van der Waals surface area contributed by atoms with Crippen LogP contribution in [0, 0.1) is 26.6 Å². The van der Waals surface area contributed by atoms with Crippen LogP contribution >= 0.6 is 73.3 Å². The molecule has 0 saturated heterocycles. The Morgan fingerprint density at radius 2 is 0.885 bits per heavy atom. The zero-order valence-electron chi connectivity index (χ0n) is 55.9. The number of hydrogen-bond donors (Lipinski definition) is 13. The summed E-state index contributed by atoms with van der Waals surface area (Å²) < 4.78 is 41.0. The van der Waals surface area contributed by atoms with Crippen LogP contribution in [0.15, 0.2) is 215 Å². The lowest BCUT2D eigenvalue weighted by molar-refractivity contribution is -0.384. The number of aryl methyl sites for hydroxylation is 1. The van der Waals surface area contributed by atoms with Gasteiger partial charge in [-0.25, -0.2) is 17.9 Å². The minimum atomic E-state index is -3.90. The molecule has 34 heteroatoms. The van der Waals surface area contributed by atoms with Crippen molar-refractivity contribution >= 4 is 166 Å². The van der Waals surface area contributed by atoms with Gasteiger partial charge in [-0.3, -0.25) is 65.3 Å². The fourth-order valence-electron chi connectivity index (χ4n) is 9.00. The Balaban J connectivity index is 0.000000198. The van der Waals surface area contributed by atoms with Gasteiger partial charge in [0.1, 0.15) is 17.2 Å². The molecule has 2 aromatic heterocycles. The molecule has 1 aliphatic carbocycles. The number of thiocarbonyl (C=S) groups is 4. The van der Waals surface area contributed by atoms with Gasteiger partial charge in [0, 0.05) is 46.2 Å². The van der Waals surface area contributed by atoms with Gasteiger partial charge in [-0.05, 0) is 227 Å². The zero-order valence-corrected chi connectivity index (χ0v) is 61.6. The predicted molar refractivity (Wildman–Crippen MR) is 422 cm³/mol. The van der Waals surface area contributed by atoms with Gasteiger partial charge in [0.15, 0.2) is 30.0 Å². The number of aromatic amines is 4. The lowest BCUT2D eigenvalue weighted by atomic mass is 9.96. The number of anilines is 2. The van der Waals surface area contributed by atoms with Crippen LogP contribution in [0.5, 0.6) is 17.2 Å². The van der Waals surface area contributed by atoms with Gasteiger partial charge in [0.05, 0.1) is 53.0 Å². The molecule has 1 saturated carbocycles. The first-order valence-corrected chi connectivity index (χ1v) is 34.9. The first kappa shape index (κ1) is 81.4. The highest BCUT2D eigenvalue weighted by molar-refractivity contribution is 7.90. The third kappa shape index (κ3) is 27.8. The van der Waals surface area contributed by atoms with E-state index in [2.05, 4.69) is 64.1 Å². The molecular formula is C70H70N14O13S7. The molecule has 2 heterocycles. The van der Waals surface area contributed by atoms with Gasteiger partial charge in [-0.15, -0.1) is 0 Å². The molecule has 8 aromatic carbocycles. The molecule has 0 unspecified atom stereocenters. The third-order valence-corrected chi connectivity index (χ3v) is 16.6. The van der Waals surface area contributed by atoms with E-state index in [9.17, 15) is 47.3 Å². The van der Waals surface area contributed by atoms with Crippen LogP contribution in [0.1, 0.15) is 68.7 Å². The molecule has 104 heavy (non-hydrogen) atoms. The topological polar surface area (TPSA) is 393 Å². The highest BCUT2D eigenvalue weighted by atomic mass is 32.2. The predicted octanol–water partition coefficient (Wildman–Crippen LogP) is 11.6. The Bertz CT molecular complexity index is 4910. The molecule has 14 N–H and O–H groups in total. The molecular weight excluding hydrogens is 1470 g/mol. The second kappa shape index (κ2) is 41.4. The fourth-order valence-corrected chi connectivity index (χ4v) is 11.1. The number of fused-ring (bicyclic) bond motifs is 2. The molecule has 0 aliphatic heterocycles. The number of nitrogens with one attached hydrogen (secondary N) is 12. The van der Waals surface area contributed by atoms with Crippen molar-refractivity contribution in [3.63, 3.8) is 0 Å². The number of H-pyrrole nitrogens is 4. The summed E-state index contributed by atoms with van der Waals surface area (Å²) >= 11 is 29.4. The van der Waals surface area contributed by atoms with Gasteiger partial charge in [0.25, 0.3) is 44.6 Å². The van der Waals surface area contributed by atoms with Gasteiger partial charge < -0.3 is 45.9 Å². The number of carbonyl (C=O) groups excluding carboxylic acids is 4. The minimum absolute atomic E-state index is 0.0128. The normalized spacial score (nSPS) is 11.1. The number of urea groups is 1. The van der Waals surface area contributed by atoms with E-state index in [1.807, 2.05) is 66.8 Å². The van der Waals surface area contributed by atoms with Gasteiger partial charge >= 0.3 is 6.03 Å². The molecule has 27 nitrogen and oxygen atoms in total. The number of rotatable bonds is 12. The number of nitro groups is 1. The minimum Gasteiger partial charge on any atom is -0.497 e. The summed E-state index contributed by atoms with van der Waals surface area (Å²) in [5.74, 6) is 1.36. The van der Waals surface area contributed by atoms with E-state index < -0.39 is 21.0 Å². The summed E-state index contributed by atoms with van der Waals surface area (Å²) in [5, 5.41) is 31.0. The van der Waals surface area contributed by atoms with E-state index in [-0.39, 0.29) is 54.8 Å². The van der Waals surface area contributed by atoms with E-state index in [4.69, 9.17) is 81.0 Å². The number of methoxy groups -OCH3 is 3. The van der Waals surface area contributed by atoms with E-state index in [1.165, 1.54) is 55.7 Å². The lowest BCUT2D eigenvalue weighted by Gasteiger charge is -2.24. The average molecular weight is 1540 g/mol. The number of hydrogen-bond acceptors (Lipinski definition) is 19. The molecule has 0 atom stereocenters. The van der Waals surface area contributed by atoms with E-state index in [0.717, 1.165) is 46.6 Å². The molecule has 0 spiro atoms. The maximum atomic E-state index is 12.0. The highest BCUT2D eigenvalue weighted by Gasteiger charge is 2.19. The van der Waals surface area contributed by atoms with Crippen LogP contribution in [0.4, 0.5) is 21.9 Å². The number of para-hydroxylation sites is 2. The smallest absolute Gasteiger partial charge is 0.334 e. The van der Waals surface area contributed by atoms with E-state index in [0.29, 0.717) is 59.6 Å². The number of ether oxygens (including phenoxy) is 3. The first-order chi connectivity index (χ1) is 49.7. The van der Waals surface area contributed by atoms with Crippen molar-refractivity contribution in [3.05, 3.63) is 263 Å². The van der Waals surface area contributed by atoms with Crippen LogP contribution in [-0.4, -0.2) is 105 Å². The zero-order chi connectivity index (χ0) is 75.7. The Hall–Kier alpha value is -11.5. The van der Waals surface area contributed by atoms with Crippen molar-refractivity contribution in [2.45, 2.75) is 50.0 Å². The summed E-state index contributed by atoms with van der Waals surface area (Å²) in [7, 11) is 0.868. The highest BCUT2D eigenvalue weighted by Crippen LogP contribution is 2.20.